The average Bonchev–Trinajstić information content (AvgIpc) is 2.28. The molecule has 2 nitrogen and oxygen atoms in total. The number of nitrogens with zero attached hydrogens (tertiary/aromatic N) is 1. The molecule has 0 fully saturated rings. The highest BCUT2D eigenvalue weighted by molar-refractivity contribution is 5.94. The number of rotatable bonds is 4. The highest BCUT2D eigenvalue weighted by Gasteiger charge is 2.13. The fourth-order valence-corrected chi connectivity index (χ4v) is 1.35. The summed E-state index contributed by atoms with van der Waals surface area (Å²) in [4.78, 5) is 13.3. The van der Waals surface area contributed by atoms with E-state index in [0.717, 1.165) is 25.0 Å². The van der Waals surface area contributed by atoms with Crippen molar-refractivity contribution >= 4 is 5.91 Å². The second-order valence-electron chi connectivity index (χ2n) is 3.71. The van der Waals surface area contributed by atoms with Crippen molar-refractivity contribution < 1.29 is 13.6 Å². The molecule has 0 N–H and O–H groups in total. The van der Waals surface area contributed by atoms with E-state index in [9.17, 15) is 13.6 Å². The number of carbonyl (C=O) groups excluding carboxylic acids is 1. The summed E-state index contributed by atoms with van der Waals surface area (Å²) < 4.78 is 25.6. The van der Waals surface area contributed by atoms with Gasteiger partial charge in [0, 0.05) is 19.2 Å². The molecule has 0 unspecified atom stereocenters. The molecule has 0 aromatic heterocycles. The molecule has 0 bridgehead atoms. The maximum atomic E-state index is 12.9. The van der Waals surface area contributed by atoms with E-state index in [2.05, 4.69) is 0 Å². The Labute approximate surface area is 93.9 Å². The molecule has 88 valence electrons. The molecule has 16 heavy (non-hydrogen) atoms. The molecule has 1 aromatic carbocycles. The molecule has 0 aliphatic rings. The van der Waals surface area contributed by atoms with E-state index in [0.29, 0.717) is 6.54 Å². The van der Waals surface area contributed by atoms with E-state index in [4.69, 9.17) is 0 Å². The largest absolute Gasteiger partial charge is 0.342 e. The van der Waals surface area contributed by atoms with Crippen LogP contribution in [0.5, 0.6) is 0 Å². The van der Waals surface area contributed by atoms with Gasteiger partial charge in [-0.1, -0.05) is 13.3 Å². The summed E-state index contributed by atoms with van der Waals surface area (Å²) in [6, 6.07) is 3.19. The van der Waals surface area contributed by atoms with Gasteiger partial charge in [0.15, 0.2) is 11.6 Å². The van der Waals surface area contributed by atoms with E-state index in [-0.39, 0.29) is 11.5 Å². The van der Waals surface area contributed by atoms with Crippen LogP contribution >= 0.6 is 0 Å². The Hall–Kier alpha value is -1.45. The molecule has 4 heteroatoms. The topological polar surface area (TPSA) is 20.3 Å². The van der Waals surface area contributed by atoms with Gasteiger partial charge in [0.2, 0.25) is 0 Å². The van der Waals surface area contributed by atoms with Crippen molar-refractivity contribution in [2.45, 2.75) is 19.8 Å². The quantitative estimate of drug-likeness (QED) is 0.774. The smallest absolute Gasteiger partial charge is 0.253 e. The molecule has 1 aromatic rings. The second kappa shape index (κ2) is 5.58. The van der Waals surface area contributed by atoms with Crippen LogP contribution in [0.25, 0.3) is 0 Å². The molecule has 1 amide bonds. The minimum Gasteiger partial charge on any atom is -0.342 e. The first-order valence-electron chi connectivity index (χ1n) is 5.26. The lowest BCUT2D eigenvalue weighted by molar-refractivity contribution is 0.0792. The van der Waals surface area contributed by atoms with Crippen molar-refractivity contribution in [3.8, 4) is 0 Å². The molecule has 0 spiro atoms. The van der Waals surface area contributed by atoms with Crippen LogP contribution in [0.4, 0.5) is 8.78 Å². The zero-order chi connectivity index (χ0) is 12.1. The number of unbranched alkanes of at least 4 members (excludes halogenated alkanes) is 1. The Morgan fingerprint density at radius 3 is 2.56 bits per heavy atom. The van der Waals surface area contributed by atoms with Gasteiger partial charge < -0.3 is 4.90 Å². The number of amides is 1. The Balaban J connectivity index is 2.76. The van der Waals surface area contributed by atoms with Gasteiger partial charge in [-0.25, -0.2) is 8.78 Å². The Morgan fingerprint density at radius 2 is 2.00 bits per heavy atom. The predicted molar refractivity (Wildman–Crippen MR) is 58.2 cm³/mol. The molecule has 0 radical (unpaired) electrons. The zero-order valence-electron chi connectivity index (χ0n) is 9.46. The van der Waals surface area contributed by atoms with Crippen LogP contribution in [0.2, 0.25) is 0 Å². The molecular formula is C12H15F2NO. The van der Waals surface area contributed by atoms with Crippen molar-refractivity contribution in [3.05, 3.63) is 35.4 Å². The number of carbonyl (C=O) groups is 1. The first-order valence-corrected chi connectivity index (χ1v) is 5.26. The van der Waals surface area contributed by atoms with E-state index in [1.807, 2.05) is 6.92 Å². The normalized spacial score (nSPS) is 10.2. The molecule has 0 aliphatic carbocycles. The van der Waals surface area contributed by atoms with E-state index >= 15 is 0 Å². The number of benzene rings is 1. The summed E-state index contributed by atoms with van der Waals surface area (Å²) in [6.45, 7) is 2.64. The number of hydrogen-bond acceptors (Lipinski definition) is 1. The molecule has 0 saturated carbocycles. The Morgan fingerprint density at radius 1 is 1.31 bits per heavy atom. The second-order valence-corrected chi connectivity index (χ2v) is 3.71. The maximum absolute atomic E-state index is 12.9. The SMILES string of the molecule is CCCCN(C)C(=O)c1ccc(F)c(F)c1. The van der Waals surface area contributed by atoms with Crippen LogP contribution in [-0.4, -0.2) is 24.4 Å². The third-order valence-electron chi connectivity index (χ3n) is 2.36. The summed E-state index contributed by atoms with van der Waals surface area (Å²) in [6.07, 6.45) is 1.88. The molecule has 1 rings (SSSR count). The average molecular weight is 227 g/mol. The molecule has 0 aliphatic heterocycles. The van der Waals surface area contributed by atoms with Crippen LogP contribution in [0.3, 0.4) is 0 Å². The summed E-state index contributed by atoms with van der Waals surface area (Å²) in [5, 5.41) is 0. The molecule has 0 atom stereocenters. The maximum Gasteiger partial charge on any atom is 0.253 e. The highest BCUT2D eigenvalue weighted by Crippen LogP contribution is 2.10. The lowest BCUT2D eigenvalue weighted by atomic mass is 10.2. The van der Waals surface area contributed by atoms with Gasteiger partial charge >= 0.3 is 0 Å². The lowest BCUT2D eigenvalue weighted by Gasteiger charge is -2.16. The minimum absolute atomic E-state index is 0.178. The first-order chi connectivity index (χ1) is 7.56. The van der Waals surface area contributed by atoms with Gasteiger partial charge in [-0.3, -0.25) is 4.79 Å². The zero-order valence-corrected chi connectivity index (χ0v) is 9.46. The fraction of sp³-hybridized carbons (Fsp3) is 0.417. The summed E-state index contributed by atoms with van der Waals surface area (Å²) in [5.41, 5.74) is 0.178. The third-order valence-corrected chi connectivity index (χ3v) is 2.36. The number of hydrogen-bond donors (Lipinski definition) is 0. The third kappa shape index (κ3) is 3.02. The van der Waals surface area contributed by atoms with E-state index in [1.165, 1.54) is 11.0 Å². The van der Waals surface area contributed by atoms with Crippen molar-refractivity contribution in [1.82, 2.24) is 4.90 Å². The summed E-state index contributed by atoms with van der Waals surface area (Å²) >= 11 is 0. The first kappa shape index (κ1) is 12.6. The van der Waals surface area contributed by atoms with Gasteiger partial charge in [-0.15, -0.1) is 0 Å². The summed E-state index contributed by atoms with van der Waals surface area (Å²) in [7, 11) is 1.65. The standard InChI is InChI=1S/C12H15F2NO/c1-3-4-7-15(2)12(16)9-5-6-10(13)11(14)8-9/h5-6,8H,3-4,7H2,1-2H3. The Kier molecular flexibility index (Phi) is 4.40. The van der Waals surface area contributed by atoms with Gasteiger partial charge in [-0.05, 0) is 24.6 Å². The van der Waals surface area contributed by atoms with Gasteiger partial charge in [-0.2, -0.15) is 0 Å². The predicted octanol–water partition coefficient (Wildman–Crippen LogP) is 2.84. The van der Waals surface area contributed by atoms with Crippen LogP contribution < -0.4 is 0 Å². The van der Waals surface area contributed by atoms with Crippen molar-refractivity contribution in [3.63, 3.8) is 0 Å². The highest BCUT2D eigenvalue weighted by atomic mass is 19.2. The van der Waals surface area contributed by atoms with Crippen molar-refractivity contribution in [1.29, 1.82) is 0 Å². The van der Waals surface area contributed by atoms with Crippen LogP contribution in [0.1, 0.15) is 30.1 Å². The van der Waals surface area contributed by atoms with Crippen LogP contribution in [0, 0.1) is 11.6 Å². The van der Waals surface area contributed by atoms with Crippen LogP contribution in [-0.2, 0) is 0 Å². The van der Waals surface area contributed by atoms with Gasteiger partial charge in [0.05, 0.1) is 0 Å². The Bertz CT molecular complexity index is 379. The van der Waals surface area contributed by atoms with E-state index in [1.54, 1.807) is 7.05 Å². The lowest BCUT2D eigenvalue weighted by Crippen LogP contribution is -2.27. The fourth-order valence-electron chi connectivity index (χ4n) is 1.35. The summed E-state index contributed by atoms with van der Waals surface area (Å²) in [5.74, 6) is -2.21. The van der Waals surface area contributed by atoms with Gasteiger partial charge in [0.25, 0.3) is 5.91 Å². The van der Waals surface area contributed by atoms with Gasteiger partial charge in [0.1, 0.15) is 0 Å². The number of halogens is 2. The van der Waals surface area contributed by atoms with Crippen LogP contribution in [0.15, 0.2) is 18.2 Å². The monoisotopic (exact) mass is 227 g/mol. The van der Waals surface area contributed by atoms with Crippen molar-refractivity contribution in [2.75, 3.05) is 13.6 Å². The molecule has 0 saturated heterocycles. The van der Waals surface area contributed by atoms with Crippen molar-refractivity contribution in [2.24, 2.45) is 0 Å². The van der Waals surface area contributed by atoms with E-state index < -0.39 is 11.6 Å². The molecule has 0 heterocycles. The molecular weight excluding hydrogens is 212 g/mol. The minimum atomic E-state index is -0.991.